The summed E-state index contributed by atoms with van der Waals surface area (Å²) in [4.78, 5) is 9.25. The SMILES string of the molecule is CC(Sc1nnc(-c2ccccc2)c(-c2ccccc2)n1)c1nc(-c2ccco2)no1. The number of benzene rings is 2. The van der Waals surface area contributed by atoms with Crippen molar-refractivity contribution >= 4 is 11.8 Å². The Hall–Kier alpha value is -3.78. The van der Waals surface area contributed by atoms with Crippen LogP contribution in [0.5, 0.6) is 0 Å². The minimum absolute atomic E-state index is 0.163. The summed E-state index contributed by atoms with van der Waals surface area (Å²) in [5.74, 6) is 1.44. The Kier molecular flexibility index (Phi) is 5.28. The summed E-state index contributed by atoms with van der Waals surface area (Å²) in [6, 6.07) is 23.5. The Morgan fingerprint density at radius 2 is 1.48 bits per heavy atom. The quantitative estimate of drug-likeness (QED) is 0.319. The minimum Gasteiger partial charge on any atom is -0.461 e. The molecule has 0 saturated heterocycles. The maximum atomic E-state index is 5.41. The van der Waals surface area contributed by atoms with Gasteiger partial charge in [0.2, 0.25) is 16.9 Å². The monoisotopic (exact) mass is 427 g/mol. The molecular weight excluding hydrogens is 410 g/mol. The molecule has 152 valence electrons. The van der Waals surface area contributed by atoms with E-state index in [-0.39, 0.29) is 5.25 Å². The van der Waals surface area contributed by atoms with E-state index in [1.807, 2.05) is 67.6 Å². The van der Waals surface area contributed by atoms with Gasteiger partial charge in [0.05, 0.1) is 11.5 Å². The first-order valence-electron chi connectivity index (χ1n) is 9.67. The zero-order valence-electron chi connectivity index (χ0n) is 16.5. The van der Waals surface area contributed by atoms with Gasteiger partial charge in [-0.15, -0.1) is 10.2 Å². The van der Waals surface area contributed by atoms with Gasteiger partial charge in [-0.2, -0.15) is 4.98 Å². The standard InChI is InChI=1S/C23H17N5O2S/c1-15(22-25-21(28-30-22)18-13-8-14-29-18)31-23-24-19(16-9-4-2-5-10-16)20(26-27-23)17-11-6-3-7-12-17/h2-15H,1H3. The molecule has 0 spiro atoms. The molecule has 0 aliphatic carbocycles. The minimum atomic E-state index is -0.163. The summed E-state index contributed by atoms with van der Waals surface area (Å²) in [5.41, 5.74) is 3.45. The van der Waals surface area contributed by atoms with Crippen molar-refractivity contribution in [3.8, 4) is 34.1 Å². The van der Waals surface area contributed by atoms with Crippen molar-refractivity contribution in [2.24, 2.45) is 0 Å². The van der Waals surface area contributed by atoms with Crippen molar-refractivity contribution in [1.82, 2.24) is 25.3 Å². The first kappa shape index (κ1) is 19.2. The van der Waals surface area contributed by atoms with Crippen LogP contribution in [-0.2, 0) is 0 Å². The Bertz CT molecular complexity index is 1270. The fraction of sp³-hybridized carbons (Fsp3) is 0.0870. The Morgan fingerprint density at radius 1 is 0.774 bits per heavy atom. The first-order chi connectivity index (χ1) is 15.3. The van der Waals surface area contributed by atoms with Crippen LogP contribution in [0, 0.1) is 0 Å². The van der Waals surface area contributed by atoms with Crippen molar-refractivity contribution in [3.05, 3.63) is 85.0 Å². The summed E-state index contributed by atoms with van der Waals surface area (Å²) in [5, 5.41) is 13.2. The average molecular weight is 427 g/mol. The predicted octanol–water partition coefficient (Wildman–Crippen LogP) is 5.70. The van der Waals surface area contributed by atoms with E-state index in [1.54, 1.807) is 18.4 Å². The van der Waals surface area contributed by atoms with Crippen molar-refractivity contribution in [3.63, 3.8) is 0 Å². The van der Waals surface area contributed by atoms with Gasteiger partial charge in [-0.1, -0.05) is 77.6 Å². The van der Waals surface area contributed by atoms with Crippen LogP contribution in [0.25, 0.3) is 34.1 Å². The van der Waals surface area contributed by atoms with E-state index in [4.69, 9.17) is 13.9 Å². The largest absolute Gasteiger partial charge is 0.461 e. The second kappa shape index (κ2) is 8.53. The normalized spacial score (nSPS) is 12.0. The Morgan fingerprint density at radius 3 is 2.16 bits per heavy atom. The summed E-state index contributed by atoms with van der Waals surface area (Å²) >= 11 is 1.41. The first-order valence-corrected chi connectivity index (χ1v) is 10.6. The highest BCUT2D eigenvalue weighted by Gasteiger charge is 2.21. The number of nitrogens with zero attached hydrogens (tertiary/aromatic N) is 5. The molecule has 2 aromatic carbocycles. The Balaban J connectivity index is 1.46. The summed E-state index contributed by atoms with van der Waals surface area (Å²) in [6.07, 6.45) is 1.57. The summed E-state index contributed by atoms with van der Waals surface area (Å²) in [7, 11) is 0. The number of furan rings is 1. The third-order valence-electron chi connectivity index (χ3n) is 4.58. The van der Waals surface area contributed by atoms with Gasteiger partial charge in [0.1, 0.15) is 11.4 Å². The highest BCUT2D eigenvalue weighted by atomic mass is 32.2. The van der Waals surface area contributed by atoms with Crippen LogP contribution < -0.4 is 0 Å². The number of thioether (sulfide) groups is 1. The second-order valence-corrected chi connectivity index (χ2v) is 8.03. The van der Waals surface area contributed by atoms with Crippen LogP contribution in [0.1, 0.15) is 18.1 Å². The van der Waals surface area contributed by atoms with Gasteiger partial charge in [0.15, 0.2) is 5.76 Å². The van der Waals surface area contributed by atoms with Crippen molar-refractivity contribution in [2.75, 3.05) is 0 Å². The molecule has 7 nitrogen and oxygen atoms in total. The second-order valence-electron chi connectivity index (χ2n) is 6.72. The molecule has 0 radical (unpaired) electrons. The maximum Gasteiger partial charge on any atom is 0.240 e. The lowest BCUT2D eigenvalue weighted by Gasteiger charge is -2.10. The molecule has 0 bridgehead atoms. The number of aromatic nitrogens is 5. The third-order valence-corrected chi connectivity index (χ3v) is 5.51. The summed E-state index contributed by atoms with van der Waals surface area (Å²) < 4.78 is 10.7. The van der Waals surface area contributed by atoms with Crippen LogP contribution in [0.2, 0.25) is 0 Å². The predicted molar refractivity (Wildman–Crippen MR) is 117 cm³/mol. The van der Waals surface area contributed by atoms with E-state index in [1.165, 1.54) is 11.8 Å². The number of hydrogen-bond donors (Lipinski definition) is 0. The Labute approximate surface area is 182 Å². The fourth-order valence-electron chi connectivity index (χ4n) is 3.06. The van der Waals surface area contributed by atoms with Gasteiger partial charge < -0.3 is 8.94 Å². The van der Waals surface area contributed by atoms with E-state index < -0.39 is 0 Å². The molecule has 0 aliphatic heterocycles. The van der Waals surface area contributed by atoms with E-state index in [0.29, 0.717) is 22.6 Å². The molecule has 5 rings (SSSR count). The molecule has 1 atom stereocenters. The molecule has 0 saturated carbocycles. The molecule has 0 amide bonds. The van der Waals surface area contributed by atoms with E-state index >= 15 is 0 Å². The van der Waals surface area contributed by atoms with E-state index in [2.05, 4.69) is 20.3 Å². The van der Waals surface area contributed by atoms with Crippen molar-refractivity contribution in [1.29, 1.82) is 0 Å². The van der Waals surface area contributed by atoms with Crippen LogP contribution >= 0.6 is 11.8 Å². The van der Waals surface area contributed by atoms with Gasteiger partial charge >= 0.3 is 0 Å². The highest BCUT2D eigenvalue weighted by Crippen LogP contribution is 2.35. The molecule has 31 heavy (non-hydrogen) atoms. The fourth-order valence-corrected chi connectivity index (χ4v) is 3.81. The lowest BCUT2D eigenvalue weighted by atomic mass is 10.0. The average Bonchev–Trinajstić information content (AvgIpc) is 3.52. The number of hydrogen-bond acceptors (Lipinski definition) is 8. The molecule has 3 heterocycles. The van der Waals surface area contributed by atoms with Gasteiger partial charge in [-0.25, -0.2) is 4.98 Å². The van der Waals surface area contributed by atoms with Crippen molar-refractivity contribution in [2.45, 2.75) is 17.3 Å². The van der Waals surface area contributed by atoms with Gasteiger partial charge in [-0.05, 0) is 19.1 Å². The van der Waals surface area contributed by atoms with E-state index in [0.717, 1.165) is 22.5 Å². The zero-order chi connectivity index (χ0) is 21.0. The summed E-state index contributed by atoms with van der Waals surface area (Å²) in [6.45, 7) is 1.96. The zero-order valence-corrected chi connectivity index (χ0v) is 17.4. The lowest BCUT2D eigenvalue weighted by molar-refractivity contribution is 0.379. The molecule has 0 N–H and O–H groups in total. The maximum absolute atomic E-state index is 5.41. The molecule has 3 aromatic heterocycles. The van der Waals surface area contributed by atoms with Crippen LogP contribution in [0.3, 0.4) is 0 Å². The smallest absolute Gasteiger partial charge is 0.240 e. The van der Waals surface area contributed by atoms with E-state index in [9.17, 15) is 0 Å². The van der Waals surface area contributed by atoms with Crippen LogP contribution in [-0.4, -0.2) is 25.3 Å². The molecular formula is C23H17N5O2S. The lowest BCUT2D eigenvalue weighted by Crippen LogP contribution is -2.00. The van der Waals surface area contributed by atoms with Gasteiger partial charge in [-0.3, -0.25) is 0 Å². The molecule has 8 heteroatoms. The van der Waals surface area contributed by atoms with Crippen LogP contribution in [0.15, 0.2) is 93.2 Å². The molecule has 0 aliphatic rings. The molecule has 5 aromatic rings. The van der Waals surface area contributed by atoms with Gasteiger partial charge in [0, 0.05) is 11.1 Å². The van der Waals surface area contributed by atoms with Gasteiger partial charge in [0.25, 0.3) is 0 Å². The van der Waals surface area contributed by atoms with Crippen molar-refractivity contribution < 1.29 is 8.94 Å². The van der Waals surface area contributed by atoms with Crippen LogP contribution in [0.4, 0.5) is 0 Å². The third kappa shape index (κ3) is 4.10. The highest BCUT2D eigenvalue weighted by molar-refractivity contribution is 7.99. The molecule has 1 unspecified atom stereocenters. The topological polar surface area (TPSA) is 90.7 Å². The number of rotatable bonds is 6. The molecule has 0 fully saturated rings.